The van der Waals surface area contributed by atoms with E-state index in [2.05, 4.69) is 22.4 Å². The normalized spacial score (nSPS) is 12.3. The predicted molar refractivity (Wildman–Crippen MR) is 82.0 cm³/mol. The summed E-state index contributed by atoms with van der Waals surface area (Å²) in [5.41, 5.74) is 8.69. The molecule has 0 aliphatic rings. The maximum absolute atomic E-state index is 5.59. The molecule has 0 radical (unpaired) electrons. The zero-order valence-electron chi connectivity index (χ0n) is 12.5. The second kappa shape index (κ2) is 7.75. The number of hydrogen-bond acceptors (Lipinski definition) is 6. The molecule has 1 unspecified atom stereocenters. The van der Waals surface area contributed by atoms with Crippen molar-refractivity contribution in [2.24, 2.45) is 5.73 Å². The van der Waals surface area contributed by atoms with Crippen molar-refractivity contribution in [2.45, 2.75) is 25.8 Å². The molecular weight excluding hydrogens is 268 g/mol. The molecule has 0 saturated heterocycles. The van der Waals surface area contributed by atoms with Crippen LogP contribution >= 0.6 is 0 Å². The topological polar surface area (TPSA) is 86.2 Å². The highest BCUT2D eigenvalue weighted by molar-refractivity contribution is 5.64. The molecule has 114 valence electrons. The molecule has 1 aromatic carbocycles. The van der Waals surface area contributed by atoms with Crippen molar-refractivity contribution < 1.29 is 9.15 Å². The van der Waals surface area contributed by atoms with Gasteiger partial charge in [-0.3, -0.25) is 0 Å². The number of aromatic nitrogens is 2. The number of methoxy groups -OCH3 is 1. The molecule has 0 aliphatic carbocycles. The fraction of sp³-hybridized carbons (Fsp3) is 0.467. The van der Waals surface area contributed by atoms with Crippen LogP contribution in [0.3, 0.4) is 0 Å². The second-order valence-corrected chi connectivity index (χ2v) is 5.00. The van der Waals surface area contributed by atoms with Crippen molar-refractivity contribution in [3.05, 3.63) is 30.2 Å². The van der Waals surface area contributed by atoms with E-state index >= 15 is 0 Å². The highest BCUT2D eigenvalue weighted by atomic mass is 16.5. The Balaban J connectivity index is 2.15. The first-order valence-corrected chi connectivity index (χ1v) is 7.07. The van der Waals surface area contributed by atoms with Crippen LogP contribution in [0.2, 0.25) is 0 Å². The lowest BCUT2D eigenvalue weighted by molar-refractivity contribution is 0.182. The zero-order chi connectivity index (χ0) is 15.1. The number of nitrogens with two attached hydrogens (primary N) is 1. The third-order valence-corrected chi connectivity index (χ3v) is 3.33. The van der Waals surface area contributed by atoms with Crippen LogP contribution in [-0.4, -0.2) is 36.5 Å². The van der Waals surface area contributed by atoms with Gasteiger partial charge in [0.05, 0.1) is 6.61 Å². The van der Waals surface area contributed by atoms with Crippen molar-refractivity contribution in [3.8, 4) is 11.5 Å². The van der Waals surface area contributed by atoms with Gasteiger partial charge in [0, 0.05) is 24.4 Å². The molecule has 1 aromatic heterocycles. The second-order valence-electron chi connectivity index (χ2n) is 5.00. The van der Waals surface area contributed by atoms with Crippen LogP contribution in [0.25, 0.3) is 11.5 Å². The maximum Gasteiger partial charge on any atom is 0.247 e. The fourth-order valence-corrected chi connectivity index (χ4v) is 2.19. The molecule has 0 amide bonds. The van der Waals surface area contributed by atoms with E-state index in [1.165, 1.54) is 6.39 Å². The average Bonchev–Trinajstić information content (AvgIpc) is 3.01. The Bertz CT molecular complexity index is 543. The van der Waals surface area contributed by atoms with Gasteiger partial charge in [-0.25, -0.2) is 0 Å². The molecule has 0 saturated carbocycles. The lowest BCUT2D eigenvalue weighted by Crippen LogP contribution is -2.26. The van der Waals surface area contributed by atoms with Crippen molar-refractivity contribution in [3.63, 3.8) is 0 Å². The smallest absolute Gasteiger partial charge is 0.247 e. The van der Waals surface area contributed by atoms with Crippen LogP contribution < -0.4 is 11.1 Å². The van der Waals surface area contributed by atoms with Gasteiger partial charge in [0.1, 0.15) is 0 Å². The standard InChI is InChI=1S/C15H22N4O2/c1-11-5-6-12(15-19-17-10-21-15)8-14(11)18-13(9-20-2)4-3-7-16/h5-6,8,10,13,18H,3-4,7,9,16H2,1-2H3. The summed E-state index contributed by atoms with van der Waals surface area (Å²) >= 11 is 0. The highest BCUT2D eigenvalue weighted by Crippen LogP contribution is 2.24. The molecule has 0 aliphatic heterocycles. The summed E-state index contributed by atoms with van der Waals surface area (Å²) in [5, 5.41) is 11.2. The van der Waals surface area contributed by atoms with E-state index in [0.29, 0.717) is 19.0 Å². The summed E-state index contributed by atoms with van der Waals surface area (Å²) in [5.74, 6) is 0.517. The lowest BCUT2D eigenvalue weighted by Gasteiger charge is -2.20. The van der Waals surface area contributed by atoms with Gasteiger partial charge in [-0.05, 0) is 44.0 Å². The Morgan fingerprint density at radius 1 is 1.43 bits per heavy atom. The Morgan fingerprint density at radius 3 is 2.95 bits per heavy atom. The molecule has 1 atom stereocenters. The van der Waals surface area contributed by atoms with Gasteiger partial charge in [-0.2, -0.15) is 0 Å². The van der Waals surface area contributed by atoms with Crippen LogP contribution in [0.15, 0.2) is 29.0 Å². The number of hydrogen-bond donors (Lipinski definition) is 2. The largest absolute Gasteiger partial charge is 0.423 e. The van der Waals surface area contributed by atoms with Crippen LogP contribution in [0.4, 0.5) is 5.69 Å². The van der Waals surface area contributed by atoms with Crippen LogP contribution in [-0.2, 0) is 4.74 Å². The molecule has 0 bridgehead atoms. The maximum atomic E-state index is 5.59. The number of ether oxygens (including phenoxy) is 1. The Labute approximate surface area is 124 Å². The third kappa shape index (κ3) is 4.27. The molecule has 6 heteroatoms. The number of nitrogens with zero attached hydrogens (tertiary/aromatic N) is 2. The first kappa shape index (κ1) is 15.5. The molecule has 6 nitrogen and oxygen atoms in total. The molecule has 1 heterocycles. The van der Waals surface area contributed by atoms with E-state index in [-0.39, 0.29) is 6.04 Å². The minimum Gasteiger partial charge on any atom is -0.423 e. The van der Waals surface area contributed by atoms with Crippen molar-refractivity contribution in [1.29, 1.82) is 0 Å². The summed E-state index contributed by atoms with van der Waals surface area (Å²) in [6.45, 7) is 3.39. The number of rotatable bonds is 8. The number of aryl methyl sites for hydroxylation is 1. The number of benzene rings is 1. The van der Waals surface area contributed by atoms with Gasteiger partial charge < -0.3 is 20.2 Å². The molecule has 21 heavy (non-hydrogen) atoms. The minimum absolute atomic E-state index is 0.232. The Hall–Kier alpha value is -1.92. The van der Waals surface area contributed by atoms with Gasteiger partial charge >= 0.3 is 0 Å². The van der Waals surface area contributed by atoms with Crippen molar-refractivity contribution in [2.75, 3.05) is 25.6 Å². The minimum atomic E-state index is 0.232. The summed E-state index contributed by atoms with van der Waals surface area (Å²) in [6.07, 6.45) is 3.26. The summed E-state index contributed by atoms with van der Waals surface area (Å²) < 4.78 is 10.5. The van der Waals surface area contributed by atoms with Crippen LogP contribution in [0, 0.1) is 6.92 Å². The Morgan fingerprint density at radius 2 is 2.29 bits per heavy atom. The molecule has 2 rings (SSSR count). The zero-order valence-corrected chi connectivity index (χ0v) is 12.5. The molecular formula is C15H22N4O2. The predicted octanol–water partition coefficient (Wildman–Crippen LogP) is 2.21. The quantitative estimate of drug-likeness (QED) is 0.775. The fourth-order valence-electron chi connectivity index (χ4n) is 2.19. The third-order valence-electron chi connectivity index (χ3n) is 3.33. The number of nitrogens with one attached hydrogen (secondary N) is 1. The summed E-state index contributed by atoms with van der Waals surface area (Å²) in [4.78, 5) is 0. The van der Waals surface area contributed by atoms with Crippen LogP contribution in [0.1, 0.15) is 18.4 Å². The van der Waals surface area contributed by atoms with E-state index < -0.39 is 0 Å². The first-order valence-electron chi connectivity index (χ1n) is 7.07. The molecule has 0 spiro atoms. The summed E-state index contributed by atoms with van der Waals surface area (Å²) in [6, 6.07) is 6.26. The van der Waals surface area contributed by atoms with Crippen molar-refractivity contribution in [1.82, 2.24) is 10.2 Å². The molecule has 0 fully saturated rings. The average molecular weight is 290 g/mol. The monoisotopic (exact) mass is 290 g/mol. The van der Waals surface area contributed by atoms with E-state index in [0.717, 1.165) is 29.7 Å². The van der Waals surface area contributed by atoms with Gasteiger partial charge in [0.2, 0.25) is 12.3 Å². The molecule has 2 aromatic rings. The van der Waals surface area contributed by atoms with E-state index in [1.54, 1.807) is 7.11 Å². The van der Waals surface area contributed by atoms with Gasteiger partial charge in [-0.15, -0.1) is 10.2 Å². The SMILES string of the molecule is COCC(CCCN)Nc1cc(-c2nnco2)ccc1C. The molecule has 3 N–H and O–H groups in total. The van der Waals surface area contributed by atoms with Gasteiger partial charge in [0.15, 0.2) is 0 Å². The van der Waals surface area contributed by atoms with E-state index in [4.69, 9.17) is 14.9 Å². The Kier molecular flexibility index (Phi) is 5.71. The summed E-state index contributed by atoms with van der Waals surface area (Å²) in [7, 11) is 1.71. The van der Waals surface area contributed by atoms with E-state index in [1.807, 2.05) is 18.2 Å². The lowest BCUT2D eigenvalue weighted by atomic mass is 10.1. The number of anilines is 1. The first-order chi connectivity index (χ1) is 10.2. The van der Waals surface area contributed by atoms with Crippen molar-refractivity contribution >= 4 is 5.69 Å². The van der Waals surface area contributed by atoms with E-state index in [9.17, 15) is 0 Å². The van der Waals surface area contributed by atoms with Crippen LogP contribution in [0.5, 0.6) is 0 Å². The van der Waals surface area contributed by atoms with Gasteiger partial charge in [0.25, 0.3) is 0 Å². The van der Waals surface area contributed by atoms with Gasteiger partial charge in [-0.1, -0.05) is 6.07 Å². The highest BCUT2D eigenvalue weighted by Gasteiger charge is 2.11.